The molecule has 1 aromatic rings. The molecule has 0 radical (unpaired) electrons. The van der Waals surface area contributed by atoms with Crippen LogP contribution in [0.2, 0.25) is 0 Å². The van der Waals surface area contributed by atoms with Crippen LogP contribution in [-0.2, 0) is 0 Å². The zero-order chi connectivity index (χ0) is 15.5. The summed E-state index contributed by atoms with van der Waals surface area (Å²) in [5, 5.41) is 8.71. The maximum absolute atomic E-state index is 13.5. The van der Waals surface area contributed by atoms with E-state index in [1.165, 1.54) is 44.7 Å². The summed E-state index contributed by atoms with van der Waals surface area (Å²) >= 11 is 0. The SMILES string of the molecule is CCCCCCCCCCC#Cc1c[nH]c(C(=O)O)c1F. The summed E-state index contributed by atoms with van der Waals surface area (Å²) in [6.07, 6.45) is 11.9. The molecule has 4 heteroatoms. The fourth-order valence-corrected chi connectivity index (χ4v) is 2.16. The van der Waals surface area contributed by atoms with Gasteiger partial charge < -0.3 is 10.1 Å². The number of aromatic nitrogens is 1. The van der Waals surface area contributed by atoms with Gasteiger partial charge in [-0.1, -0.05) is 63.7 Å². The number of H-pyrrole nitrogens is 1. The molecule has 1 aromatic heterocycles. The number of carboxylic acids is 1. The van der Waals surface area contributed by atoms with Gasteiger partial charge in [-0.25, -0.2) is 9.18 Å². The molecular weight excluding hydrogens is 269 g/mol. The Balaban J connectivity index is 2.18. The Morgan fingerprint density at radius 3 is 2.38 bits per heavy atom. The van der Waals surface area contributed by atoms with Crippen LogP contribution in [0, 0.1) is 17.7 Å². The van der Waals surface area contributed by atoms with E-state index in [1.54, 1.807) is 0 Å². The van der Waals surface area contributed by atoms with E-state index in [-0.39, 0.29) is 5.56 Å². The van der Waals surface area contributed by atoms with Crippen molar-refractivity contribution in [2.75, 3.05) is 0 Å². The van der Waals surface area contributed by atoms with Crippen molar-refractivity contribution in [1.82, 2.24) is 4.98 Å². The molecule has 0 saturated carbocycles. The predicted octanol–water partition coefficient (Wildman–Crippen LogP) is 4.73. The number of nitrogens with one attached hydrogen (secondary N) is 1. The monoisotopic (exact) mass is 293 g/mol. The van der Waals surface area contributed by atoms with Gasteiger partial charge in [0.15, 0.2) is 11.5 Å². The highest BCUT2D eigenvalue weighted by atomic mass is 19.1. The zero-order valence-corrected chi connectivity index (χ0v) is 12.7. The topological polar surface area (TPSA) is 53.1 Å². The van der Waals surface area contributed by atoms with Crippen LogP contribution < -0.4 is 0 Å². The van der Waals surface area contributed by atoms with Gasteiger partial charge in [0.25, 0.3) is 0 Å². The number of hydrogen-bond acceptors (Lipinski definition) is 1. The second-order valence-corrected chi connectivity index (χ2v) is 5.22. The molecule has 1 rings (SSSR count). The summed E-state index contributed by atoms with van der Waals surface area (Å²) in [6.45, 7) is 2.21. The molecule has 0 saturated heterocycles. The first-order chi connectivity index (χ1) is 10.2. The van der Waals surface area contributed by atoms with Gasteiger partial charge in [-0.05, 0) is 6.42 Å². The van der Waals surface area contributed by atoms with E-state index in [9.17, 15) is 9.18 Å². The van der Waals surface area contributed by atoms with Crippen molar-refractivity contribution in [3.63, 3.8) is 0 Å². The highest BCUT2D eigenvalue weighted by molar-refractivity contribution is 5.86. The predicted molar refractivity (Wildman–Crippen MR) is 81.8 cm³/mol. The molecular formula is C17H24FNO2. The molecule has 3 nitrogen and oxygen atoms in total. The quantitative estimate of drug-likeness (QED) is 0.510. The lowest BCUT2D eigenvalue weighted by atomic mass is 10.1. The van der Waals surface area contributed by atoms with E-state index in [1.807, 2.05) is 0 Å². The Labute approximate surface area is 126 Å². The van der Waals surface area contributed by atoms with Crippen LogP contribution in [0.5, 0.6) is 0 Å². The summed E-state index contributed by atoms with van der Waals surface area (Å²) in [7, 11) is 0. The number of carboxylic acid groups (broad SMARTS) is 1. The number of halogens is 1. The average Bonchev–Trinajstić information content (AvgIpc) is 2.82. The van der Waals surface area contributed by atoms with Crippen molar-refractivity contribution in [2.24, 2.45) is 0 Å². The molecule has 0 spiro atoms. The van der Waals surface area contributed by atoms with Gasteiger partial charge in [0.05, 0.1) is 5.56 Å². The third-order valence-electron chi connectivity index (χ3n) is 3.41. The molecule has 2 N–H and O–H groups in total. The molecule has 0 atom stereocenters. The van der Waals surface area contributed by atoms with Gasteiger partial charge in [-0.3, -0.25) is 0 Å². The van der Waals surface area contributed by atoms with Crippen LogP contribution in [0.1, 0.15) is 80.8 Å². The normalized spacial score (nSPS) is 10.2. The molecule has 0 amide bonds. The van der Waals surface area contributed by atoms with Crippen LogP contribution in [-0.4, -0.2) is 16.1 Å². The van der Waals surface area contributed by atoms with Crippen LogP contribution in [0.25, 0.3) is 0 Å². The number of rotatable bonds is 9. The smallest absolute Gasteiger partial charge is 0.355 e. The maximum atomic E-state index is 13.5. The van der Waals surface area contributed by atoms with Gasteiger partial charge in [0, 0.05) is 12.6 Å². The molecule has 0 aromatic carbocycles. The van der Waals surface area contributed by atoms with Crippen molar-refractivity contribution in [3.05, 3.63) is 23.3 Å². The summed E-state index contributed by atoms with van der Waals surface area (Å²) in [5.74, 6) is 3.52. The van der Waals surface area contributed by atoms with E-state index >= 15 is 0 Å². The van der Waals surface area contributed by atoms with Gasteiger partial charge in [0.2, 0.25) is 0 Å². The highest BCUT2D eigenvalue weighted by Gasteiger charge is 2.14. The van der Waals surface area contributed by atoms with E-state index in [0.717, 1.165) is 19.3 Å². The van der Waals surface area contributed by atoms with Crippen LogP contribution in [0.15, 0.2) is 6.20 Å². The Morgan fingerprint density at radius 1 is 1.19 bits per heavy atom. The molecule has 0 aliphatic carbocycles. The van der Waals surface area contributed by atoms with E-state index in [0.29, 0.717) is 0 Å². The standard InChI is InChI=1S/C17H24FNO2/c1-2-3-4-5-6-7-8-9-10-11-12-14-13-19-16(15(14)18)17(20)21/h13,19H,2-10H2,1H3,(H,20,21). The molecule has 21 heavy (non-hydrogen) atoms. The minimum Gasteiger partial charge on any atom is -0.476 e. The number of hydrogen-bond donors (Lipinski definition) is 2. The van der Waals surface area contributed by atoms with Crippen LogP contribution >= 0.6 is 0 Å². The van der Waals surface area contributed by atoms with Crippen LogP contribution in [0.3, 0.4) is 0 Å². The first-order valence-corrected chi connectivity index (χ1v) is 7.75. The molecule has 0 aliphatic rings. The van der Waals surface area contributed by atoms with Gasteiger partial charge in [0.1, 0.15) is 0 Å². The molecule has 116 valence electrons. The van der Waals surface area contributed by atoms with Crippen LogP contribution in [0.4, 0.5) is 4.39 Å². The maximum Gasteiger partial charge on any atom is 0.355 e. The van der Waals surface area contributed by atoms with Crippen molar-refractivity contribution >= 4 is 5.97 Å². The summed E-state index contributed by atoms with van der Waals surface area (Å²) in [6, 6.07) is 0. The fourth-order valence-electron chi connectivity index (χ4n) is 2.16. The minimum absolute atomic E-state index is 0.131. The lowest BCUT2D eigenvalue weighted by Crippen LogP contribution is -1.99. The van der Waals surface area contributed by atoms with E-state index in [4.69, 9.17) is 5.11 Å². The van der Waals surface area contributed by atoms with E-state index in [2.05, 4.69) is 23.7 Å². The molecule has 0 bridgehead atoms. The molecule has 0 aliphatic heterocycles. The van der Waals surface area contributed by atoms with Crippen molar-refractivity contribution in [1.29, 1.82) is 0 Å². The minimum atomic E-state index is -1.30. The number of aromatic amines is 1. The number of aromatic carboxylic acids is 1. The Morgan fingerprint density at radius 2 is 1.81 bits per heavy atom. The van der Waals surface area contributed by atoms with Crippen molar-refractivity contribution in [3.8, 4) is 11.8 Å². The second kappa shape index (κ2) is 10.0. The second-order valence-electron chi connectivity index (χ2n) is 5.22. The third kappa shape index (κ3) is 6.48. The Bertz CT molecular complexity index is 497. The van der Waals surface area contributed by atoms with Gasteiger partial charge in [-0.15, -0.1) is 0 Å². The first kappa shape index (κ1) is 17.3. The Hall–Kier alpha value is -1.76. The van der Waals surface area contributed by atoms with E-state index < -0.39 is 17.5 Å². The molecule has 0 unspecified atom stereocenters. The average molecular weight is 293 g/mol. The highest BCUT2D eigenvalue weighted by Crippen LogP contribution is 2.11. The van der Waals surface area contributed by atoms with Crippen molar-refractivity contribution < 1.29 is 14.3 Å². The first-order valence-electron chi connectivity index (χ1n) is 7.75. The number of carbonyl (C=O) groups is 1. The Kier molecular flexibility index (Phi) is 8.27. The van der Waals surface area contributed by atoms with Gasteiger partial charge in [-0.2, -0.15) is 0 Å². The summed E-state index contributed by atoms with van der Waals surface area (Å²) < 4.78 is 13.5. The lowest BCUT2D eigenvalue weighted by molar-refractivity contribution is 0.0686. The zero-order valence-electron chi connectivity index (χ0n) is 12.7. The molecule has 1 heterocycles. The lowest BCUT2D eigenvalue weighted by Gasteiger charge is -1.99. The van der Waals surface area contributed by atoms with Gasteiger partial charge >= 0.3 is 5.97 Å². The summed E-state index contributed by atoms with van der Waals surface area (Å²) in [5.41, 5.74) is -0.293. The largest absolute Gasteiger partial charge is 0.476 e. The molecule has 0 fully saturated rings. The number of unbranched alkanes of at least 4 members (excludes halogenated alkanes) is 8. The fraction of sp³-hybridized carbons (Fsp3) is 0.588. The van der Waals surface area contributed by atoms with Crippen molar-refractivity contribution in [2.45, 2.75) is 64.7 Å². The summed E-state index contributed by atoms with van der Waals surface area (Å²) in [4.78, 5) is 13.0. The third-order valence-corrected chi connectivity index (χ3v) is 3.41.